The Balaban J connectivity index is 1.74. The van der Waals surface area contributed by atoms with Crippen molar-refractivity contribution in [2.75, 3.05) is 7.05 Å². The van der Waals surface area contributed by atoms with Gasteiger partial charge < -0.3 is 5.32 Å². The van der Waals surface area contributed by atoms with Crippen LogP contribution in [0.1, 0.15) is 30.4 Å². The molecule has 1 nitrogen and oxygen atoms in total. The highest BCUT2D eigenvalue weighted by Gasteiger charge is 2.35. The van der Waals surface area contributed by atoms with Crippen molar-refractivity contribution in [1.82, 2.24) is 5.32 Å². The minimum Gasteiger partial charge on any atom is -0.316 e. The third-order valence-corrected chi connectivity index (χ3v) is 4.58. The van der Waals surface area contributed by atoms with Crippen molar-refractivity contribution in [2.45, 2.75) is 38.1 Å². The second-order valence-electron chi connectivity index (χ2n) is 5.44. The van der Waals surface area contributed by atoms with Crippen molar-refractivity contribution in [3.05, 3.63) is 35.4 Å². The number of nitrogens with one attached hydrogen (secondary N) is 1. The maximum atomic E-state index is 3.58. The van der Waals surface area contributed by atoms with Crippen LogP contribution >= 0.6 is 0 Å². The average Bonchev–Trinajstić information content (AvgIpc) is 2.66. The standard InChI is InChI=1S/C15H21N/c1-16-15(11-7-4-8-11)14-9-12-5-2-3-6-13(12)10-14/h2-3,5-6,11,14-16H,4,7-10H2,1H3. The Morgan fingerprint density at radius 2 is 1.69 bits per heavy atom. The summed E-state index contributed by atoms with van der Waals surface area (Å²) in [6.45, 7) is 0. The van der Waals surface area contributed by atoms with Gasteiger partial charge >= 0.3 is 0 Å². The Kier molecular flexibility index (Phi) is 2.72. The van der Waals surface area contributed by atoms with Crippen LogP contribution in [0.4, 0.5) is 0 Å². The molecule has 0 radical (unpaired) electrons. The van der Waals surface area contributed by atoms with E-state index < -0.39 is 0 Å². The zero-order valence-electron chi connectivity index (χ0n) is 10.1. The van der Waals surface area contributed by atoms with Gasteiger partial charge in [-0.05, 0) is 55.7 Å². The van der Waals surface area contributed by atoms with Gasteiger partial charge in [0.05, 0.1) is 0 Å². The van der Waals surface area contributed by atoms with E-state index in [1.54, 1.807) is 11.1 Å². The van der Waals surface area contributed by atoms with Crippen LogP contribution in [-0.2, 0) is 12.8 Å². The molecule has 0 amide bonds. The highest BCUT2D eigenvalue weighted by atomic mass is 14.9. The first-order valence-corrected chi connectivity index (χ1v) is 6.62. The average molecular weight is 215 g/mol. The Bertz CT molecular complexity index is 342. The Hall–Kier alpha value is -0.820. The third kappa shape index (κ3) is 1.67. The summed E-state index contributed by atoms with van der Waals surface area (Å²) >= 11 is 0. The van der Waals surface area contributed by atoms with Crippen LogP contribution < -0.4 is 5.32 Å². The number of fused-ring (bicyclic) bond motifs is 1. The molecular weight excluding hydrogens is 194 g/mol. The van der Waals surface area contributed by atoms with Gasteiger partial charge in [-0.2, -0.15) is 0 Å². The predicted octanol–water partition coefficient (Wildman–Crippen LogP) is 2.79. The van der Waals surface area contributed by atoms with E-state index in [1.165, 1.54) is 32.1 Å². The van der Waals surface area contributed by atoms with Crippen LogP contribution in [0, 0.1) is 11.8 Å². The zero-order chi connectivity index (χ0) is 11.0. The van der Waals surface area contributed by atoms with Crippen molar-refractivity contribution in [3.63, 3.8) is 0 Å². The summed E-state index contributed by atoms with van der Waals surface area (Å²) in [4.78, 5) is 0. The van der Waals surface area contributed by atoms with Crippen molar-refractivity contribution >= 4 is 0 Å². The largest absolute Gasteiger partial charge is 0.316 e. The Labute approximate surface area is 98.3 Å². The molecule has 1 aromatic rings. The van der Waals surface area contributed by atoms with Crippen LogP contribution in [0.5, 0.6) is 0 Å². The molecule has 1 N–H and O–H groups in total. The second-order valence-corrected chi connectivity index (χ2v) is 5.44. The minimum atomic E-state index is 0.751. The second kappa shape index (κ2) is 4.21. The molecule has 2 aliphatic carbocycles. The van der Waals surface area contributed by atoms with E-state index in [2.05, 4.69) is 36.6 Å². The van der Waals surface area contributed by atoms with Gasteiger partial charge in [-0.15, -0.1) is 0 Å². The molecule has 16 heavy (non-hydrogen) atoms. The van der Waals surface area contributed by atoms with Crippen LogP contribution in [-0.4, -0.2) is 13.1 Å². The SMILES string of the molecule is CNC(C1CCC1)C1Cc2ccccc2C1. The first-order valence-electron chi connectivity index (χ1n) is 6.62. The van der Waals surface area contributed by atoms with Gasteiger partial charge in [-0.3, -0.25) is 0 Å². The van der Waals surface area contributed by atoms with E-state index in [1.807, 2.05) is 0 Å². The highest BCUT2D eigenvalue weighted by Crippen LogP contribution is 2.37. The monoisotopic (exact) mass is 215 g/mol. The van der Waals surface area contributed by atoms with Crippen molar-refractivity contribution < 1.29 is 0 Å². The fourth-order valence-electron chi connectivity index (χ4n) is 3.50. The lowest BCUT2D eigenvalue weighted by molar-refractivity contribution is 0.184. The van der Waals surface area contributed by atoms with Crippen LogP contribution in [0.2, 0.25) is 0 Å². The Morgan fingerprint density at radius 3 is 2.12 bits per heavy atom. The van der Waals surface area contributed by atoms with Gasteiger partial charge in [-0.1, -0.05) is 30.7 Å². The molecule has 1 aromatic carbocycles. The highest BCUT2D eigenvalue weighted by molar-refractivity contribution is 5.32. The summed E-state index contributed by atoms with van der Waals surface area (Å²) in [5.74, 6) is 1.79. The fourth-order valence-corrected chi connectivity index (χ4v) is 3.50. The van der Waals surface area contributed by atoms with Gasteiger partial charge in [0.25, 0.3) is 0 Å². The summed E-state index contributed by atoms with van der Waals surface area (Å²) < 4.78 is 0. The van der Waals surface area contributed by atoms with Gasteiger partial charge in [0.1, 0.15) is 0 Å². The lowest BCUT2D eigenvalue weighted by atomic mass is 9.74. The molecule has 1 fully saturated rings. The van der Waals surface area contributed by atoms with E-state index in [4.69, 9.17) is 0 Å². The maximum absolute atomic E-state index is 3.58. The fraction of sp³-hybridized carbons (Fsp3) is 0.600. The molecule has 1 saturated carbocycles. The summed E-state index contributed by atoms with van der Waals surface area (Å²) in [5, 5.41) is 3.58. The lowest BCUT2D eigenvalue weighted by Gasteiger charge is -2.37. The molecule has 0 aromatic heterocycles. The van der Waals surface area contributed by atoms with Crippen LogP contribution in [0.25, 0.3) is 0 Å². The predicted molar refractivity (Wildman–Crippen MR) is 67.5 cm³/mol. The summed E-state index contributed by atoms with van der Waals surface area (Å²) in [5.41, 5.74) is 3.18. The summed E-state index contributed by atoms with van der Waals surface area (Å²) in [7, 11) is 2.14. The molecule has 1 atom stereocenters. The van der Waals surface area contributed by atoms with Crippen LogP contribution in [0.3, 0.4) is 0 Å². The summed E-state index contributed by atoms with van der Waals surface area (Å²) in [6.07, 6.45) is 6.91. The quantitative estimate of drug-likeness (QED) is 0.817. The van der Waals surface area contributed by atoms with Gasteiger partial charge in [0.15, 0.2) is 0 Å². The van der Waals surface area contributed by atoms with Crippen molar-refractivity contribution in [3.8, 4) is 0 Å². The van der Waals surface area contributed by atoms with Crippen molar-refractivity contribution in [2.24, 2.45) is 11.8 Å². The number of hydrogen-bond acceptors (Lipinski definition) is 1. The molecule has 0 bridgehead atoms. The molecule has 0 aliphatic heterocycles. The van der Waals surface area contributed by atoms with E-state index in [-0.39, 0.29) is 0 Å². The molecule has 0 spiro atoms. The minimum absolute atomic E-state index is 0.751. The Morgan fingerprint density at radius 1 is 1.06 bits per heavy atom. The van der Waals surface area contributed by atoms with Gasteiger partial charge in [-0.25, -0.2) is 0 Å². The number of rotatable bonds is 3. The van der Waals surface area contributed by atoms with Gasteiger partial charge in [0, 0.05) is 6.04 Å². The first-order chi connectivity index (χ1) is 7.88. The third-order valence-electron chi connectivity index (χ3n) is 4.58. The zero-order valence-corrected chi connectivity index (χ0v) is 10.1. The smallest absolute Gasteiger partial charge is 0.0127 e. The lowest BCUT2D eigenvalue weighted by Crippen LogP contribution is -2.43. The molecule has 1 unspecified atom stereocenters. The van der Waals surface area contributed by atoms with Crippen LogP contribution in [0.15, 0.2) is 24.3 Å². The van der Waals surface area contributed by atoms with E-state index in [9.17, 15) is 0 Å². The normalized spacial score (nSPS) is 22.8. The van der Waals surface area contributed by atoms with E-state index >= 15 is 0 Å². The first kappa shape index (κ1) is 10.3. The topological polar surface area (TPSA) is 12.0 Å². The number of benzene rings is 1. The van der Waals surface area contributed by atoms with E-state index in [0.29, 0.717) is 0 Å². The summed E-state index contributed by atoms with van der Waals surface area (Å²) in [6, 6.07) is 9.73. The van der Waals surface area contributed by atoms with E-state index in [0.717, 1.165) is 17.9 Å². The molecule has 2 aliphatic rings. The van der Waals surface area contributed by atoms with Gasteiger partial charge in [0.2, 0.25) is 0 Å². The maximum Gasteiger partial charge on any atom is 0.0127 e. The molecule has 0 heterocycles. The molecule has 1 heteroatoms. The molecule has 0 saturated heterocycles. The molecular formula is C15H21N. The molecule has 86 valence electrons. The van der Waals surface area contributed by atoms with Crippen molar-refractivity contribution in [1.29, 1.82) is 0 Å². The number of hydrogen-bond donors (Lipinski definition) is 1. The molecule has 3 rings (SSSR count).